The van der Waals surface area contributed by atoms with Crippen LogP contribution in [0, 0.1) is 5.92 Å². The number of benzene rings is 1. The third-order valence-corrected chi connectivity index (χ3v) is 2.62. The number of carboxylic acids is 1. The molecule has 0 saturated heterocycles. The van der Waals surface area contributed by atoms with Crippen LogP contribution in [0.3, 0.4) is 0 Å². The molecule has 0 bridgehead atoms. The fourth-order valence-corrected chi connectivity index (χ4v) is 1.62. The van der Waals surface area contributed by atoms with E-state index in [-0.39, 0.29) is 11.8 Å². The van der Waals surface area contributed by atoms with Gasteiger partial charge in [-0.05, 0) is 12.6 Å². The number of hydrogen-bond acceptors (Lipinski definition) is 3. The molecule has 18 heavy (non-hydrogen) atoms. The summed E-state index contributed by atoms with van der Waals surface area (Å²) in [5.41, 5.74) is 0.565. The number of rotatable bonds is 6. The Bertz CT molecular complexity index is 406. The highest BCUT2D eigenvalue weighted by Crippen LogP contribution is 2.13. The summed E-state index contributed by atoms with van der Waals surface area (Å²) in [5.74, 6) is -1.62. The number of carbonyl (C=O) groups is 2. The van der Waals surface area contributed by atoms with Gasteiger partial charge in [0.15, 0.2) is 6.04 Å². The molecule has 0 aliphatic heterocycles. The summed E-state index contributed by atoms with van der Waals surface area (Å²) in [6.07, 6.45) is 0. The van der Waals surface area contributed by atoms with Gasteiger partial charge >= 0.3 is 5.97 Å². The maximum atomic E-state index is 11.8. The molecule has 1 rings (SSSR count). The zero-order valence-corrected chi connectivity index (χ0v) is 10.5. The molecule has 1 amide bonds. The van der Waals surface area contributed by atoms with Gasteiger partial charge in [-0.2, -0.15) is 0 Å². The fourth-order valence-electron chi connectivity index (χ4n) is 1.62. The Kier molecular flexibility index (Phi) is 5.32. The van der Waals surface area contributed by atoms with E-state index in [1.165, 1.54) is 0 Å². The summed E-state index contributed by atoms with van der Waals surface area (Å²) in [6.45, 7) is 2.25. The largest absolute Gasteiger partial charge is 0.479 e. The number of aliphatic carboxylic acids is 1. The standard InChI is InChI=1S/C13H18N2O3/c1-9(8-14-2)12(16)15-11(13(17)18)10-6-4-3-5-7-10/h3-7,9,11,14H,8H2,1-2H3,(H,15,16)(H,17,18)/t9?,11-/m1/s1. The molecule has 5 nitrogen and oxygen atoms in total. The monoisotopic (exact) mass is 250 g/mol. The molecule has 1 unspecified atom stereocenters. The quantitative estimate of drug-likeness (QED) is 0.697. The molecule has 5 heteroatoms. The van der Waals surface area contributed by atoms with Gasteiger partial charge in [0, 0.05) is 12.5 Å². The lowest BCUT2D eigenvalue weighted by Gasteiger charge is -2.18. The topological polar surface area (TPSA) is 78.4 Å². The fraction of sp³-hybridized carbons (Fsp3) is 0.385. The molecule has 1 aromatic rings. The van der Waals surface area contributed by atoms with Crippen LogP contribution in [-0.2, 0) is 9.59 Å². The second kappa shape index (κ2) is 6.76. The second-order valence-corrected chi connectivity index (χ2v) is 4.15. The summed E-state index contributed by atoms with van der Waals surface area (Å²) in [4.78, 5) is 23.0. The minimum atomic E-state index is -1.06. The van der Waals surface area contributed by atoms with Crippen molar-refractivity contribution in [1.82, 2.24) is 10.6 Å². The number of nitrogens with one attached hydrogen (secondary N) is 2. The zero-order chi connectivity index (χ0) is 13.5. The number of amides is 1. The molecule has 3 N–H and O–H groups in total. The van der Waals surface area contributed by atoms with Crippen molar-refractivity contribution in [1.29, 1.82) is 0 Å². The predicted molar refractivity (Wildman–Crippen MR) is 68.1 cm³/mol. The Morgan fingerprint density at radius 2 is 1.89 bits per heavy atom. The third kappa shape index (κ3) is 3.85. The van der Waals surface area contributed by atoms with Gasteiger partial charge in [0.05, 0.1) is 0 Å². The van der Waals surface area contributed by atoms with Crippen LogP contribution >= 0.6 is 0 Å². The minimum Gasteiger partial charge on any atom is -0.479 e. The summed E-state index contributed by atoms with van der Waals surface area (Å²) in [6, 6.07) is 7.65. The van der Waals surface area contributed by atoms with E-state index in [9.17, 15) is 9.59 Å². The van der Waals surface area contributed by atoms with Gasteiger partial charge in [-0.25, -0.2) is 4.79 Å². The molecule has 0 aromatic heterocycles. The Balaban J connectivity index is 2.76. The van der Waals surface area contributed by atoms with E-state index in [4.69, 9.17) is 5.11 Å². The second-order valence-electron chi connectivity index (χ2n) is 4.15. The molecular formula is C13H18N2O3. The average Bonchev–Trinajstić information content (AvgIpc) is 2.36. The minimum absolute atomic E-state index is 0.277. The third-order valence-electron chi connectivity index (χ3n) is 2.62. The molecule has 0 fully saturated rings. The van der Waals surface area contributed by atoms with Crippen LogP contribution in [0.2, 0.25) is 0 Å². The van der Waals surface area contributed by atoms with E-state index in [1.54, 1.807) is 44.3 Å². The number of carboxylic acid groups (broad SMARTS) is 1. The smallest absolute Gasteiger partial charge is 0.330 e. The van der Waals surface area contributed by atoms with E-state index in [1.807, 2.05) is 0 Å². The van der Waals surface area contributed by atoms with Gasteiger partial charge in [0.2, 0.25) is 5.91 Å². The molecule has 0 heterocycles. The van der Waals surface area contributed by atoms with Gasteiger partial charge in [0.25, 0.3) is 0 Å². The van der Waals surface area contributed by atoms with Crippen molar-refractivity contribution in [2.24, 2.45) is 5.92 Å². The maximum Gasteiger partial charge on any atom is 0.330 e. The van der Waals surface area contributed by atoms with E-state index >= 15 is 0 Å². The first-order chi connectivity index (χ1) is 8.56. The Morgan fingerprint density at radius 3 is 2.39 bits per heavy atom. The summed E-state index contributed by atoms with van der Waals surface area (Å²) in [5, 5.41) is 14.6. The van der Waals surface area contributed by atoms with Gasteiger partial charge in [-0.1, -0.05) is 37.3 Å². The van der Waals surface area contributed by atoms with Crippen molar-refractivity contribution in [3.8, 4) is 0 Å². The highest BCUT2D eigenvalue weighted by Gasteiger charge is 2.23. The molecule has 0 radical (unpaired) electrons. The van der Waals surface area contributed by atoms with Crippen LogP contribution in [0.15, 0.2) is 30.3 Å². The Hall–Kier alpha value is -1.88. The van der Waals surface area contributed by atoms with Crippen molar-refractivity contribution in [2.75, 3.05) is 13.6 Å². The van der Waals surface area contributed by atoms with E-state index in [2.05, 4.69) is 10.6 Å². The average molecular weight is 250 g/mol. The van der Waals surface area contributed by atoms with Crippen LogP contribution in [0.4, 0.5) is 0 Å². The van der Waals surface area contributed by atoms with Crippen LogP contribution in [0.1, 0.15) is 18.5 Å². The Labute approximate surface area is 106 Å². The maximum absolute atomic E-state index is 11.8. The number of hydrogen-bond donors (Lipinski definition) is 3. The first kappa shape index (κ1) is 14.2. The van der Waals surface area contributed by atoms with Crippen LogP contribution in [-0.4, -0.2) is 30.6 Å². The predicted octanol–water partition coefficient (Wildman–Crippen LogP) is 0.784. The van der Waals surface area contributed by atoms with Crippen LogP contribution in [0.25, 0.3) is 0 Å². The van der Waals surface area contributed by atoms with E-state index < -0.39 is 12.0 Å². The highest BCUT2D eigenvalue weighted by molar-refractivity contribution is 5.85. The van der Waals surface area contributed by atoms with Crippen molar-refractivity contribution < 1.29 is 14.7 Å². The first-order valence-corrected chi connectivity index (χ1v) is 5.79. The highest BCUT2D eigenvalue weighted by atomic mass is 16.4. The molecule has 98 valence electrons. The normalized spacial score (nSPS) is 13.7. The summed E-state index contributed by atoms with van der Waals surface area (Å²) in [7, 11) is 1.75. The van der Waals surface area contributed by atoms with E-state index in [0.717, 1.165) is 0 Å². The Morgan fingerprint density at radius 1 is 1.28 bits per heavy atom. The lowest BCUT2D eigenvalue weighted by atomic mass is 10.1. The zero-order valence-electron chi connectivity index (χ0n) is 10.5. The van der Waals surface area contributed by atoms with Gasteiger partial charge < -0.3 is 15.7 Å². The van der Waals surface area contributed by atoms with Crippen LogP contribution in [0.5, 0.6) is 0 Å². The van der Waals surface area contributed by atoms with Crippen molar-refractivity contribution in [2.45, 2.75) is 13.0 Å². The lowest BCUT2D eigenvalue weighted by Crippen LogP contribution is -2.39. The van der Waals surface area contributed by atoms with Crippen molar-refractivity contribution in [3.05, 3.63) is 35.9 Å². The van der Waals surface area contributed by atoms with Crippen molar-refractivity contribution in [3.63, 3.8) is 0 Å². The molecule has 2 atom stereocenters. The van der Waals surface area contributed by atoms with Gasteiger partial charge in [-0.15, -0.1) is 0 Å². The lowest BCUT2D eigenvalue weighted by molar-refractivity contribution is -0.142. The molecule has 0 aliphatic carbocycles. The van der Waals surface area contributed by atoms with Gasteiger partial charge in [0.1, 0.15) is 0 Å². The van der Waals surface area contributed by atoms with Crippen molar-refractivity contribution >= 4 is 11.9 Å². The van der Waals surface area contributed by atoms with Gasteiger partial charge in [-0.3, -0.25) is 4.79 Å². The summed E-state index contributed by atoms with van der Waals surface area (Å²) >= 11 is 0. The van der Waals surface area contributed by atoms with E-state index in [0.29, 0.717) is 12.1 Å². The number of carbonyl (C=O) groups excluding carboxylic acids is 1. The molecule has 0 saturated carbocycles. The molecular weight excluding hydrogens is 232 g/mol. The summed E-state index contributed by atoms with van der Waals surface area (Å²) < 4.78 is 0. The molecule has 1 aromatic carbocycles. The van der Waals surface area contributed by atoms with Crippen LogP contribution < -0.4 is 10.6 Å². The molecule has 0 aliphatic rings. The first-order valence-electron chi connectivity index (χ1n) is 5.79. The molecule has 0 spiro atoms. The SMILES string of the molecule is CNCC(C)C(=O)N[C@@H](C(=O)O)c1ccccc1.